The highest BCUT2D eigenvalue weighted by atomic mass is 32.2. The smallest absolute Gasteiger partial charge is 0.104 e. The molecule has 0 bridgehead atoms. The van der Waals surface area contributed by atoms with Crippen LogP contribution in [0.2, 0.25) is 0 Å². The number of aliphatic hydroxyl groups is 3. The van der Waals surface area contributed by atoms with E-state index in [1.807, 2.05) is 24.3 Å². The topological polar surface area (TPSA) is 60.7 Å². The van der Waals surface area contributed by atoms with E-state index < -0.39 is 6.10 Å². The highest BCUT2D eigenvalue weighted by molar-refractivity contribution is 7.98. The van der Waals surface area contributed by atoms with Gasteiger partial charge in [0.1, 0.15) is 6.61 Å². The summed E-state index contributed by atoms with van der Waals surface area (Å²) in [6.45, 7) is -0.337. The monoisotopic (exact) mass is 252 g/mol. The fourth-order valence-corrected chi connectivity index (χ4v) is 2.16. The Morgan fingerprint density at radius 2 is 2.12 bits per heavy atom. The van der Waals surface area contributed by atoms with Gasteiger partial charge in [0.25, 0.3) is 0 Å². The zero-order valence-electron chi connectivity index (χ0n) is 9.47. The van der Waals surface area contributed by atoms with E-state index in [1.54, 1.807) is 11.8 Å². The van der Waals surface area contributed by atoms with Gasteiger partial charge in [-0.15, -0.1) is 0 Å². The SMILES string of the molecule is OCC#Cc1cccc(CSCC(O)CO)c1. The summed E-state index contributed by atoms with van der Waals surface area (Å²) < 4.78 is 0. The molecule has 3 N–H and O–H groups in total. The normalized spacial score (nSPS) is 11.7. The van der Waals surface area contributed by atoms with Crippen molar-refractivity contribution in [3.05, 3.63) is 35.4 Å². The fraction of sp³-hybridized carbons (Fsp3) is 0.385. The molecule has 4 heteroatoms. The van der Waals surface area contributed by atoms with Gasteiger partial charge in [-0.3, -0.25) is 0 Å². The first-order valence-electron chi connectivity index (χ1n) is 5.31. The van der Waals surface area contributed by atoms with Gasteiger partial charge >= 0.3 is 0 Å². The van der Waals surface area contributed by atoms with Crippen molar-refractivity contribution in [2.75, 3.05) is 19.0 Å². The Labute approximate surface area is 105 Å². The number of hydrogen-bond acceptors (Lipinski definition) is 4. The van der Waals surface area contributed by atoms with Crippen molar-refractivity contribution >= 4 is 11.8 Å². The lowest BCUT2D eigenvalue weighted by Crippen LogP contribution is -2.14. The van der Waals surface area contributed by atoms with Crippen LogP contribution in [0.4, 0.5) is 0 Å². The lowest BCUT2D eigenvalue weighted by atomic mass is 10.1. The van der Waals surface area contributed by atoms with Crippen LogP contribution in [0.3, 0.4) is 0 Å². The second kappa shape index (κ2) is 8.15. The number of aliphatic hydroxyl groups excluding tert-OH is 3. The number of rotatable bonds is 5. The third-order valence-electron chi connectivity index (χ3n) is 2.03. The maximum absolute atomic E-state index is 9.19. The summed E-state index contributed by atoms with van der Waals surface area (Å²) in [6, 6.07) is 7.75. The molecule has 17 heavy (non-hydrogen) atoms. The molecule has 0 radical (unpaired) electrons. The van der Waals surface area contributed by atoms with Gasteiger partial charge < -0.3 is 15.3 Å². The first-order chi connectivity index (χ1) is 8.26. The quantitative estimate of drug-likeness (QED) is 0.672. The fourth-order valence-electron chi connectivity index (χ4n) is 1.25. The zero-order valence-corrected chi connectivity index (χ0v) is 10.3. The van der Waals surface area contributed by atoms with Crippen molar-refractivity contribution in [1.29, 1.82) is 0 Å². The molecule has 0 heterocycles. The molecule has 1 aromatic carbocycles. The van der Waals surface area contributed by atoms with Crippen LogP contribution in [0.15, 0.2) is 24.3 Å². The number of benzene rings is 1. The van der Waals surface area contributed by atoms with E-state index >= 15 is 0 Å². The van der Waals surface area contributed by atoms with Crippen molar-refractivity contribution in [3.63, 3.8) is 0 Å². The Balaban J connectivity index is 2.48. The van der Waals surface area contributed by atoms with Gasteiger partial charge in [0.2, 0.25) is 0 Å². The Morgan fingerprint density at radius 1 is 1.29 bits per heavy atom. The molecular formula is C13H16O3S. The third kappa shape index (κ3) is 5.76. The van der Waals surface area contributed by atoms with Crippen LogP contribution < -0.4 is 0 Å². The van der Waals surface area contributed by atoms with E-state index in [9.17, 15) is 5.11 Å². The van der Waals surface area contributed by atoms with Gasteiger partial charge in [-0.05, 0) is 17.7 Å². The van der Waals surface area contributed by atoms with Gasteiger partial charge in [-0.2, -0.15) is 11.8 Å². The summed E-state index contributed by atoms with van der Waals surface area (Å²) >= 11 is 1.56. The van der Waals surface area contributed by atoms with Gasteiger partial charge in [0, 0.05) is 17.1 Å². The summed E-state index contributed by atoms with van der Waals surface area (Å²) in [5.74, 6) is 6.73. The average Bonchev–Trinajstić information content (AvgIpc) is 2.36. The minimum absolute atomic E-state index is 0.137. The van der Waals surface area contributed by atoms with Crippen LogP contribution in [0, 0.1) is 11.8 Å². The van der Waals surface area contributed by atoms with Gasteiger partial charge in [-0.1, -0.05) is 24.0 Å². The summed E-state index contributed by atoms with van der Waals surface area (Å²) in [6.07, 6.45) is -0.655. The maximum atomic E-state index is 9.19. The Hall–Kier alpha value is -0.990. The molecule has 0 amide bonds. The van der Waals surface area contributed by atoms with Gasteiger partial charge in [0.05, 0.1) is 12.7 Å². The molecule has 1 aromatic rings. The standard InChI is InChI=1S/C13H16O3S/c14-6-2-5-11-3-1-4-12(7-11)9-17-10-13(16)8-15/h1,3-4,7,13-16H,6,8-10H2. The molecule has 0 saturated heterocycles. The maximum Gasteiger partial charge on any atom is 0.104 e. The summed E-state index contributed by atoms with van der Waals surface area (Å²) in [5, 5.41) is 26.5. The zero-order chi connectivity index (χ0) is 12.5. The third-order valence-corrected chi connectivity index (χ3v) is 3.19. The molecule has 1 rings (SSSR count). The van der Waals surface area contributed by atoms with E-state index in [0.29, 0.717) is 5.75 Å². The molecule has 0 aliphatic heterocycles. The van der Waals surface area contributed by atoms with Crippen molar-refractivity contribution in [3.8, 4) is 11.8 Å². The molecule has 1 atom stereocenters. The van der Waals surface area contributed by atoms with Crippen LogP contribution in [-0.2, 0) is 5.75 Å². The van der Waals surface area contributed by atoms with E-state index in [0.717, 1.165) is 16.9 Å². The van der Waals surface area contributed by atoms with Crippen molar-refractivity contribution in [1.82, 2.24) is 0 Å². The van der Waals surface area contributed by atoms with Crippen LogP contribution in [0.5, 0.6) is 0 Å². The molecule has 0 aliphatic carbocycles. The van der Waals surface area contributed by atoms with Gasteiger partial charge in [0.15, 0.2) is 0 Å². The first-order valence-corrected chi connectivity index (χ1v) is 6.47. The molecule has 0 aromatic heterocycles. The van der Waals surface area contributed by atoms with Gasteiger partial charge in [-0.25, -0.2) is 0 Å². The van der Waals surface area contributed by atoms with Crippen molar-refractivity contribution in [2.24, 2.45) is 0 Å². The molecule has 0 saturated carbocycles. The molecule has 3 nitrogen and oxygen atoms in total. The van der Waals surface area contributed by atoms with Crippen LogP contribution in [0.1, 0.15) is 11.1 Å². The summed E-state index contributed by atoms with van der Waals surface area (Å²) in [4.78, 5) is 0. The minimum atomic E-state index is -0.655. The Bertz CT molecular complexity index is 395. The molecule has 0 fully saturated rings. The predicted octanol–water partition coefficient (Wildman–Crippen LogP) is 0.617. The average molecular weight is 252 g/mol. The number of thioether (sulfide) groups is 1. The lowest BCUT2D eigenvalue weighted by molar-refractivity contribution is 0.113. The van der Waals surface area contributed by atoms with E-state index in [4.69, 9.17) is 10.2 Å². The van der Waals surface area contributed by atoms with E-state index in [2.05, 4.69) is 11.8 Å². The number of hydrogen-bond donors (Lipinski definition) is 3. The molecule has 92 valence electrons. The summed E-state index contributed by atoms with van der Waals surface area (Å²) in [5.41, 5.74) is 1.99. The highest BCUT2D eigenvalue weighted by Crippen LogP contribution is 2.14. The molecule has 0 spiro atoms. The van der Waals surface area contributed by atoms with Crippen molar-refractivity contribution < 1.29 is 15.3 Å². The molecule has 1 unspecified atom stereocenters. The second-order valence-electron chi connectivity index (χ2n) is 3.51. The second-order valence-corrected chi connectivity index (χ2v) is 4.54. The van der Waals surface area contributed by atoms with Crippen LogP contribution in [0.25, 0.3) is 0 Å². The van der Waals surface area contributed by atoms with E-state index in [-0.39, 0.29) is 13.2 Å². The Kier molecular flexibility index (Phi) is 6.75. The highest BCUT2D eigenvalue weighted by Gasteiger charge is 2.02. The van der Waals surface area contributed by atoms with Crippen LogP contribution in [-0.4, -0.2) is 40.4 Å². The van der Waals surface area contributed by atoms with Crippen LogP contribution >= 0.6 is 11.8 Å². The van der Waals surface area contributed by atoms with Crippen molar-refractivity contribution in [2.45, 2.75) is 11.9 Å². The first kappa shape index (κ1) is 14.1. The summed E-state index contributed by atoms with van der Waals surface area (Å²) in [7, 11) is 0. The lowest BCUT2D eigenvalue weighted by Gasteiger charge is -2.06. The van der Waals surface area contributed by atoms with E-state index in [1.165, 1.54) is 0 Å². The predicted molar refractivity (Wildman–Crippen MR) is 69.7 cm³/mol. The molecular weight excluding hydrogens is 236 g/mol. The Morgan fingerprint density at radius 3 is 2.82 bits per heavy atom. The largest absolute Gasteiger partial charge is 0.394 e. The minimum Gasteiger partial charge on any atom is -0.394 e. The molecule has 0 aliphatic rings.